The number of allylic oxidation sites excluding steroid dienone is 3. The average molecular weight is 580 g/mol. The predicted octanol–water partition coefficient (Wildman–Crippen LogP) is 10.3. The monoisotopic (exact) mass is 579 g/mol. The smallest absolute Gasteiger partial charge is 0.197 e. The highest BCUT2D eigenvalue weighted by Crippen LogP contribution is 2.52. The quantitative estimate of drug-likeness (QED) is 0.154. The van der Waals surface area contributed by atoms with Crippen LogP contribution in [0.4, 0.5) is 17.1 Å². The topological polar surface area (TPSA) is 37.4 Å². The molecule has 0 radical (unpaired) electrons. The summed E-state index contributed by atoms with van der Waals surface area (Å²) in [6.07, 6.45) is 7.34. The van der Waals surface area contributed by atoms with Crippen molar-refractivity contribution in [1.29, 1.82) is 0 Å². The van der Waals surface area contributed by atoms with Crippen molar-refractivity contribution < 1.29 is 9.59 Å². The number of ketones is 2. The van der Waals surface area contributed by atoms with Gasteiger partial charge in [-0.15, -0.1) is 0 Å². The van der Waals surface area contributed by atoms with Crippen LogP contribution in [0.5, 0.6) is 0 Å². The number of carbonyl (C=O) groups is 2. The first-order valence-electron chi connectivity index (χ1n) is 15.7. The highest BCUT2D eigenvalue weighted by atomic mass is 16.2. The Bertz CT molecular complexity index is 2250. The Morgan fingerprint density at radius 2 is 1.33 bits per heavy atom. The summed E-state index contributed by atoms with van der Waals surface area (Å²) in [7, 11) is 0. The second kappa shape index (κ2) is 10.0. The molecule has 3 nitrogen and oxygen atoms in total. The molecule has 3 heteroatoms. The van der Waals surface area contributed by atoms with Gasteiger partial charge in [-0.3, -0.25) is 9.59 Å². The molecule has 0 N–H and O–H groups in total. The number of hydrogen-bond donors (Lipinski definition) is 0. The molecule has 3 aliphatic rings. The lowest BCUT2D eigenvalue weighted by molar-refractivity contribution is 0.0988. The van der Waals surface area contributed by atoms with E-state index in [1.807, 2.05) is 12.1 Å². The van der Waals surface area contributed by atoms with Crippen molar-refractivity contribution in [2.45, 2.75) is 25.2 Å². The molecular formula is C42H29NO2. The fourth-order valence-corrected chi connectivity index (χ4v) is 7.39. The minimum Gasteiger partial charge on any atom is -0.310 e. The van der Waals surface area contributed by atoms with Crippen LogP contribution in [0.15, 0.2) is 139 Å². The molecule has 45 heavy (non-hydrogen) atoms. The first-order chi connectivity index (χ1) is 22.2. The number of anilines is 3. The fraction of sp³-hybridized carbons (Fsp3) is 0.0952. The molecular weight excluding hydrogens is 550 g/mol. The van der Waals surface area contributed by atoms with Gasteiger partial charge in [-0.05, 0) is 88.0 Å². The molecule has 3 aliphatic carbocycles. The summed E-state index contributed by atoms with van der Waals surface area (Å²) in [6.45, 7) is 0. The minimum absolute atomic E-state index is 0.113. The molecule has 6 aromatic rings. The molecule has 1 atom stereocenters. The van der Waals surface area contributed by atoms with E-state index in [2.05, 4.69) is 114 Å². The van der Waals surface area contributed by atoms with Gasteiger partial charge in [-0.1, -0.05) is 103 Å². The molecule has 0 spiro atoms. The number of benzene rings is 6. The fourth-order valence-electron chi connectivity index (χ4n) is 7.39. The lowest BCUT2D eigenvalue weighted by Crippen LogP contribution is -2.14. The van der Waals surface area contributed by atoms with Crippen molar-refractivity contribution in [3.05, 3.63) is 166 Å². The maximum absolute atomic E-state index is 13.1. The van der Waals surface area contributed by atoms with Crippen LogP contribution in [0.1, 0.15) is 56.2 Å². The van der Waals surface area contributed by atoms with Crippen molar-refractivity contribution in [2.24, 2.45) is 0 Å². The average Bonchev–Trinajstić information content (AvgIpc) is 3.84. The Hall–Kier alpha value is -5.54. The first kappa shape index (κ1) is 25.9. The van der Waals surface area contributed by atoms with E-state index >= 15 is 0 Å². The largest absolute Gasteiger partial charge is 0.310 e. The van der Waals surface area contributed by atoms with E-state index in [0.29, 0.717) is 16.7 Å². The third-order valence-electron chi connectivity index (χ3n) is 9.64. The van der Waals surface area contributed by atoms with Gasteiger partial charge in [0, 0.05) is 33.8 Å². The van der Waals surface area contributed by atoms with E-state index in [0.717, 1.165) is 52.5 Å². The van der Waals surface area contributed by atoms with E-state index in [4.69, 9.17) is 0 Å². The van der Waals surface area contributed by atoms with E-state index in [9.17, 15) is 9.59 Å². The zero-order valence-electron chi connectivity index (χ0n) is 24.7. The first-order valence-corrected chi connectivity index (χ1v) is 15.7. The zero-order chi connectivity index (χ0) is 30.1. The van der Waals surface area contributed by atoms with Crippen LogP contribution >= 0.6 is 0 Å². The number of carbonyl (C=O) groups excluding carboxylic acids is 2. The Labute approximate surface area is 261 Å². The normalized spacial score (nSPS) is 16.8. The van der Waals surface area contributed by atoms with E-state index in [1.165, 1.54) is 27.6 Å². The van der Waals surface area contributed by atoms with Crippen molar-refractivity contribution >= 4 is 56.2 Å². The molecule has 1 unspecified atom stereocenters. The van der Waals surface area contributed by atoms with Gasteiger partial charge in [-0.25, -0.2) is 0 Å². The molecule has 1 saturated carbocycles. The minimum atomic E-state index is -0.120. The van der Waals surface area contributed by atoms with E-state index in [1.54, 1.807) is 12.1 Å². The van der Waals surface area contributed by atoms with Crippen molar-refractivity contribution in [3.63, 3.8) is 0 Å². The number of hydrogen-bond acceptors (Lipinski definition) is 3. The predicted molar refractivity (Wildman–Crippen MR) is 183 cm³/mol. The van der Waals surface area contributed by atoms with Crippen LogP contribution in [0.2, 0.25) is 0 Å². The lowest BCUT2D eigenvalue weighted by atomic mass is 9.90. The van der Waals surface area contributed by atoms with E-state index < -0.39 is 0 Å². The number of para-hydroxylation sites is 1. The summed E-state index contributed by atoms with van der Waals surface area (Å²) in [5, 5.41) is 4.79. The Morgan fingerprint density at radius 1 is 0.622 bits per heavy atom. The molecule has 9 rings (SSSR count). The second-order valence-corrected chi connectivity index (χ2v) is 12.3. The summed E-state index contributed by atoms with van der Waals surface area (Å²) in [5.41, 5.74) is 9.75. The molecule has 0 bridgehead atoms. The summed E-state index contributed by atoms with van der Waals surface area (Å²) in [5.74, 6) is -0.126. The summed E-state index contributed by atoms with van der Waals surface area (Å²) < 4.78 is 0. The molecule has 0 saturated heterocycles. The van der Waals surface area contributed by atoms with Gasteiger partial charge in [0.15, 0.2) is 11.6 Å². The molecule has 1 fully saturated rings. The van der Waals surface area contributed by atoms with Crippen LogP contribution in [-0.4, -0.2) is 11.6 Å². The maximum Gasteiger partial charge on any atom is 0.197 e. The summed E-state index contributed by atoms with van der Waals surface area (Å²) in [4.78, 5) is 28.6. The van der Waals surface area contributed by atoms with Gasteiger partial charge < -0.3 is 4.90 Å². The molecule has 214 valence electrons. The van der Waals surface area contributed by atoms with Crippen LogP contribution in [0.3, 0.4) is 0 Å². The third kappa shape index (κ3) is 4.12. The number of rotatable bonds is 4. The Kier molecular flexibility index (Phi) is 5.76. The SMILES string of the molecule is O=C1C(=C2CC2c2ccc3cc(N(c4ccccc4)c4c5c(cc6ccccc46)C=CCC5)ccc3c2)C(=O)c2ccccc21. The highest BCUT2D eigenvalue weighted by Gasteiger charge is 2.43. The number of fused-ring (bicyclic) bond motifs is 4. The van der Waals surface area contributed by atoms with Gasteiger partial charge in [0.1, 0.15) is 0 Å². The standard InChI is InChI=1S/C42H29NO2/c44-41-35-16-8-9-17-36(35)42(45)39(41)38-25-37(38)30-19-18-27-24-32(21-20-26(27)22-30)43(31-12-2-1-3-13-31)40-33-14-6-4-10-28(33)23-29-11-5-7-15-34(29)40/h1-6,8-14,16-24,37H,7,15,25H2. The van der Waals surface area contributed by atoms with Crippen LogP contribution in [0.25, 0.3) is 27.6 Å². The summed E-state index contributed by atoms with van der Waals surface area (Å²) in [6, 6.07) is 42.1. The van der Waals surface area contributed by atoms with Crippen molar-refractivity contribution in [1.82, 2.24) is 0 Å². The van der Waals surface area contributed by atoms with Crippen LogP contribution in [0, 0.1) is 0 Å². The molecule has 0 heterocycles. The van der Waals surface area contributed by atoms with Crippen molar-refractivity contribution in [2.75, 3.05) is 4.90 Å². The van der Waals surface area contributed by atoms with Gasteiger partial charge in [0.25, 0.3) is 0 Å². The number of nitrogens with zero attached hydrogens (tertiary/aromatic N) is 1. The summed E-state index contributed by atoms with van der Waals surface area (Å²) >= 11 is 0. The van der Waals surface area contributed by atoms with Gasteiger partial charge in [0.2, 0.25) is 0 Å². The second-order valence-electron chi connectivity index (χ2n) is 12.3. The van der Waals surface area contributed by atoms with Gasteiger partial charge in [0.05, 0.1) is 11.3 Å². The van der Waals surface area contributed by atoms with Gasteiger partial charge >= 0.3 is 0 Å². The van der Waals surface area contributed by atoms with Crippen LogP contribution in [-0.2, 0) is 6.42 Å². The lowest BCUT2D eigenvalue weighted by Gasteiger charge is -2.31. The Morgan fingerprint density at radius 3 is 2.16 bits per heavy atom. The molecule has 0 amide bonds. The highest BCUT2D eigenvalue weighted by molar-refractivity contribution is 6.40. The van der Waals surface area contributed by atoms with Crippen molar-refractivity contribution in [3.8, 4) is 0 Å². The van der Waals surface area contributed by atoms with Crippen LogP contribution < -0.4 is 4.90 Å². The molecule has 0 aromatic heterocycles. The van der Waals surface area contributed by atoms with E-state index in [-0.39, 0.29) is 17.5 Å². The molecule has 0 aliphatic heterocycles. The van der Waals surface area contributed by atoms with Gasteiger partial charge in [-0.2, -0.15) is 0 Å². The third-order valence-corrected chi connectivity index (χ3v) is 9.64. The zero-order valence-corrected chi connectivity index (χ0v) is 24.7. The maximum atomic E-state index is 13.1. The Balaban J connectivity index is 1.14. The molecule has 6 aromatic carbocycles. The number of Topliss-reactive ketones (excluding diaryl/α,β-unsaturated/α-hetero) is 2.